The van der Waals surface area contributed by atoms with Crippen molar-refractivity contribution in [1.82, 2.24) is 0 Å². The van der Waals surface area contributed by atoms with Gasteiger partial charge in [0.05, 0.1) is 7.11 Å². The van der Waals surface area contributed by atoms with E-state index < -0.39 is 0 Å². The van der Waals surface area contributed by atoms with E-state index in [2.05, 4.69) is 31.2 Å². The smallest absolute Gasteiger partial charge is 0.118 e. The number of fused-ring (bicyclic) bond motifs is 1. The van der Waals surface area contributed by atoms with Crippen LogP contribution in [0.1, 0.15) is 38.2 Å². The number of ether oxygens (including phenoxy) is 1. The molecule has 3 atom stereocenters. The maximum absolute atomic E-state index is 5.21. The molecule has 0 saturated heterocycles. The van der Waals surface area contributed by atoms with Gasteiger partial charge in [-0.25, -0.2) is 0 Å². The molecule has 2 aliphatic carbocycles. The molecule has 0 aliphatic heterocycles. The molecule has 0 amide bonds. The van der Waals surface area contributed by atoms with Crippen LogP contribution in [0, 0.1) is 17.3 Å². The van der Waals surface area contributed by atoms with E-state index in [9.17, 15) is 0 Å². The second kappa shape index (κ2) is 4.04. The third-order valence-electron chi connectivity index (χ3n) is 4.84. The standard InChI is InChI=1S/C16H22O/c1-12-3-6-14-11-16(14,9-12)10-13-4-7-15(17-2)8-5-13/h4-5,7-8,12,14H,3,6,9-11H2,1-2H3/t12-,14-,16-/m1/s1. The highest BCUT2D eigenvalue weighted by atomic mass is 16.5. The number of hydrogen-bond acceptors (Lipinski definition) is 1. The monoisotopic (exact) mass is 230 g/mol. The van der Waals surface area contributed by atoms with Crippen molar-refractivity contribution in [2.45, 2.75) is 39.0 Å². The summed E-state index contributed by atoms with van der Waals surface area (Å²) < 4.78 is 5.21. The van der Waals surface area contributed by atoms with Gasteiger partial charge in [-0.1, -0.05) is 25.5 Å². The Kier molecular flexibility index (Phi) is 2.65. The van der Waals surface area contributed by atoms with Gasteiger partial charge in [0, 0.05) is 0 Å². The molecule has 0 bridgehead atoms. The summed E-state index contributed by atoms with van der Waals surface area (Å²) in [5.41, 5.74) is 2.16. The molecule has 0 spiro atoms. The average Bonchev–Trinajstić information content (AvgIpc) is 3.03. The fraction of sp³-hybridized carbons (Fsp3) is 0.625. The van der Waals surface area contributed by atoms with Crippen LogP contribution in [0.2, 0.25) is 0 Å². The number of rotatable bonds is 3. The Hall–Kier alpha value is -0.980. The largest absolute Gasteiger partial charge is 0.497 e. The Morgan fingerprint density at radius 1 is 1.18 bits per heavy atom. The van der Waals surface area contributed by atoms with Gasteiger partial charge in [0.1, 0.15) is 5.75 Å². The Balaban J connectivity index is 1.70. The molecule has 92 valence electrons. The molecule has 1 nitrogen and oxygen atoms in total. The van der Waals surface area contributed by atoms with Crippen LogP contribution in [0.5, 0.6) is 5.75 Å². The molecule has 2 fully saturated rings. The highest BCUT2D eigenvalue weighted by molar-refractivity contribution is 5.29. The molecule has 0 unspecified atom stereocenters. The molecule has 1 aromatic rings. The predicted molar refractivity (Wildman–Crippen MR) is 70.3 cm³/mol. The first-order valence-corrected chi connectivity index (χ1v) is 6.85. The van der Waals surface area contributed by atoms with Gasteiger partial charge in [-0.3, -0.25) is 0 Å². The van der Waals surface area contributed by atoms with E-state index in [1.54, 1.807) is 7.11 Å². The third kappa shape index (κ3) is 2.08. The Morgan fingerprint density at radius 2 is 1.94 bits per heavy atom. The number of benzene rings is 1. The molecule has 0 N–H and O–H groups in total. The molecule has 1 aromatic carbocycles. The van der Waals surface area contributed by atoms with Gasteiger partial charge in [0.2, 0.25) is 0 Å². The maximum Gasteiger partial charge on any atom is 0.118 e. The zero-order valence-corrected chi connectivity index (χ0v) is 10.9. The van der Waals surface area contributed by atoms with Crippen molar-refractivity contribution in [3.63, 3.8) is 0 Å². The zero-order chi connectivity index (χ0) is 11.9. The molecule has 2 aliphatic rings. The summed E-state index contributed by atoms with van der Waals surface area (Å²) in [6.07, 6.45) is 7.13. The minimum Gasteiger partial charge on any atom is -0.497 e. The van der Waals surface area contributed by atoms with Crippen LogP contribution in [-0.2, 0) is 6.42 Å². The normalized spacial score (nSPS) is 35.2. The van der Waals surface area contributed by atoms with Crippen LogP contribution in [0.25, 0.3) is 0 Å². The molecule has 17 heavy (non-hydrogen) atoms. The summed E-state index contributed by atoms with van der Waals surface area (Å²) >= 11 is 0. The second-order valence-corrected chi connectivity index (χ2v) is 6.17. The van der Waals surface area contributed by atoms with E-state index in [1.807, 2.05) is 0 Å². The van der Waals surface area contributed by atoms with Crippen molar-refractivity contribution in [1.29, 1.82) is 0 Å². The molecule has 0 aromatic heterocycles. The first-order valence-electron chi connectivity index (χ1n) is 6.85. The van der Waals surface area contributed by atoms with Gasteiger partial charge < -0.3 is 4.74 Å². The lowest BCUT2D eigenvalue weighted by Gasteiger charge is -2.27. The summed E-state index contributed by atoms with van der Waals surface area (Å²) in [4.78, 5) is 0. The van der Waals surface area contributed by atoms with Gasteiger partial charge in [-0.2, -0.15) is 0 Å². The average molecular weight is 230 g/mol. The zero-order valence-electron chi connectivity index (χ0n) is 10.9. The van der Waals surface area contributed by atoms with E-state index in [4.69, 9.17) is 4.74 Å². The maximum atomic E-state index is 5.21. The van der Waals surface area contributed by atoms with E-state index in [0.717, 1.165) is 17.6 Å². The quantitative estimate of drug-likeness (QED) is 0.760. The SMILES string of the molecule is COc1ccc(C[C@@]23C[C@H](C)CC[C@@H]2C3)cc1. The summed E-state index contributed by atoms with van der Waals surface area (Å²) in [5, 5.41) is 0. The van der Waals surface area contributed by atoms with Crippen LogP contribution < -0.4 is 4.74 Å². The third-order valence-corrected chi connectivity index (χ3v) is 4.84. The Morgan fingerprint density at radius 3 is 2.65 bits per heavy atom. The molecule has 2 saturated carbocycles. The fourth-order valence-electron chi connectivity index (χ4n) is 3.81. The van der Waals surface area contributed by atoms with Gasteiger partial charge in [-0.05, 0) is 60.6 Å². The predicted octanol–water partition coefficient (Wildman–Crippen LogP) is 4.06. The number of methoxy groups -OCH3 is 1. The highest BCUT2D eigenvalue weighted by Crippen LogP contribution is 2.64. The van der Waals surface area contributed by atoms with E-state index in [0.29, 0.717) is 5.41 Å². The molecule has 1 heteroatoms. The van der Waals surface area contributed by atoms with Gasteiger partial charge in [0.25, 0.3) is 0 Å². The van der Waals surface area contributed by atoms with E-state index in [-0.39, 0.29) is 0 Å². The van der Waals surface area contributed by atoms with Crippen molar-refractivity contribution in [3.8, 4) is 5.75 Å². The van der Waals surface area contributed by atoms with Crippen molar-refractivity contribution < 1.29 is 4.74 Å². The minimum atomic E-state index is 0.673. The first-order chi connectivity index (χ1) is 8.22. The Labute approximate surface area is 104 Å². The van der Waals surface area contributed by atoms with E-state index in [1.165, 1.54) is 37.7 Å². The molecule has 0 heterocycles. The van der Waals surface area contributed by atoms with Crippen LogP contribution in [-0.4, -0.2) is 7.11 Å². The summed E-state index contributed by atoms with van der Waals surface area (Å²) in [6.45, 7) is 2.42. The van der Waals surface area contributed by atoms with Crippen LogP contribution in [0.3, 0.4) is 0 Å². The lowest BCUT2D eigenvalue weighted by atomic mass is 9.78. The lowest BCUT2D eigenvalue weighted by Crippen LogP contribution is -2.18. The van der Waals surface area contributed by atoms with Crippen molar-refractivity contribution >= 4 is 0 Å². The minimum absolute atomic E-state index is 0.673. The van der Waals surface area contributed by atoms with Crippen LogP contribution in [0.4, 0.5) is 0 Å². The molecule has 0 radical (unpaired) electrons. The summed E-state index contributed by atoms with van der Waals surface area (Å²) in [6, 6.07) is 8.66. The van der Waals surface area contributed by atoms with Crippen LogP contribution in [0.15, 0.2) is 24.3 Å². The second-order valence-electron chi connectivity index (χ2n) is 6.17. The highest BCUT2D eigenvalue weighted by Gasteiger charge is 2.55. The van der Waals surface area contributed by atoms with Crippen molar-refractivity contribution in [3.05, 3.63) is 29.8 Å². The van der Waals surface area contributed by atoms with Gasteiger partial charge >= 0.3 is 0 Å². The first kappa shape index (κ1) is 11.1. The topological polar surface area (TPSA) is 9.23 Å². The summed E-state index contributed by atoms with van der Waals surface area (Å²) in [7, 11) is 1.73. The van der Waals surface area contributed by atoms with Gasteiger partial charge in [0.15, 0.2) is 0 Å². The van der Waals surface area contributed by atoms with E-state index >= 15 is 0 Å². The molecular formula is C16H22O. The molecule has 3 rings (SSSR count). The van der Waals surface area contributed by atoms with Gasteiger partial charge in [-0.15, -0.1) is 0 Å². The Bertz CT molecular complexity index is 394. The van der Waals surface area contributed by atoms with Crippen LogP contribution >= 0.6 is 0 Å². The van der Waals surface area contributed by atoms with Crippen molar-refractivity contribution in [2.24, 2.45) is 17.3 Å². The van der Waals surface area contributed by atoms with Crippen molar-refractivity contribution in [2.75, 3.05) is 7.11 Å². The molecular weight excluding hydrogens is 208 g/mol. The number of hydrogen-bond donors (Lipinski definition) is 0. The fourth-order valence-corrected chi connectivity index (χ4v) is 3.81. The summed E-state index contributed by atoms with van der Waals surface area (Å²) in [5.74, 6) is 2.93. The lowest BCUT2D eigenvalue weighted by molar-refractivity contribution is 0.264.